The molecule has 0 atom stereocenters. The fourth-order valence-electron chi connectivity index (χ4n) is 1.51. The van der Waals surface area contributed by atoms with Gasteiger partial charge in [-0.1, -0.05) is 17.9 Å². The van der Waals surface area contributed by atoms with Gasteiger partial charge < -0.3 is 5.32 Å². The second-order valence-corrected chi connectivity index (χ2v) is 3.73. The average molecular weight is 231 g/mol. The van der Waals surface area contributed by atoms with Gasteiger partial charge in [-0.25, -0.2) is 0 Å². The van der Waals surface area contributed by atoms with Crippen LogP contribution in [0, 0.1) is 11.8 Å². The van der Waals surface area contributed by atoms with Crippen molar-refractivity contribution in [3.63, 3.8) is 0 Å². The Kier molecular flexibility index (Phi) is 2.97. The van der Waals surface area contributed by atoms with Crippen LogP contribution in [0.15, 0.2) is 18.2 Å². The quantitative estimate of drug-likeness (QED) is 0.437. The normalized spacial score (nSPS) is 12.8. The van der Waals surface area contributed by atoms with E-state index < -0.39 is 11.7 Å². The number of hydrogen-bond donors (Lipinski definition) is 2. The van der Waals surface area contributed by atoms with Crippen LogP contribution in [0.2, 0.25) is 0 Å². The average Bonchev–Trinajstić information content (AvgIpc) is 2.56. The first kappa shape index (κ1) is 10.8. The maximum absolute atomic E-state index is 11.6. The second kappa shape index (κ2) is 4.42. The Morgan fingerprint density at radius 3 is 2.88 bits per heavy atom. The van der Waals surface area contributed by atoms with E-state index in [4.69, 9.17) is 0 Å². The topological polar surface area (TPSA) is 46.2 Å². The molecule has 16 heavy (non-hydrogen) atoms. The van der Waals surface area contributed by atoms with Gasteiger partial charge in [0.05, 0.1) is 11.3 Å². The minimum Gasteiger partial charge on any atom is -0.318 e. The monoisotopic (exact) mass is 231 g/mol. The summed E-state index contributed by atoms with van der Waals surface area (Å²) in [6, 6.07) is 5.20. The van der Waals surface area contributed by atoms with Gasteiger partial charge >= 0.3 is 0 Å². The summed E-state index contributed by atoms with van der Waals surface area (Å²) in [6.45, 7) is 0. The Balaban J connectivity index is 2.44. The first-order chi connectivity index (χ1) is 7.74. The Bertz CT molecular complexity index is 526. The van der Waals surface area contributed by atoms with Crippen LogP contribution in [0.3, 0.4) is 0 Å². The minimum absolute atomic E-state index is 0.388. The van der Waals surface area contributed by atoms with E-state index in [9.17, 15) is 9.59 Å². The molecule has 0 fully saturated rings. The fraction of sp³-hybridized carbons (Fsp3) is 0.167. The molecule has 3 nitrogen and oxygen atoms in total. The zero-order valence-corrected chi connectivity index (χ0v) is 9.30. The van der Waals surface area contributed by atoms with E-state index in [0.717, 1.165) is 0 Å². The molecule has 0 saturated heterocycles. The van der Waals surface area contributed by atoms with E-state index >= 15 is 0 Å². The number of amides is 1. The molecule has 1 aliphatic heterocycles. The summed E-state index contributed by atoms with van der Waals surface area (Å²) >= 11 is 4.04. The number of carbonyl (C=O) groups excluding carboxylic acids is 2. The van der Waals surface area contributed by atoms with Crippen molar-refractivity contribution in [1.82, 2.24) is 0 Å². The molecule has 0 aliphatic carbocycles. The lowest BCUT2D eigenvalue weighted by molar-refractivity contribution is -0.112. The van der Waals surface area contributed by atoms with Gasteiger partial charge in [-0.05, 0) is 12.1 Å². The molecule has 0 spiro atoms. The Morgan fingerprint density at radius 2 is 2.12 bits per heavy atom. The number of anilines is 1. The zero-order chi connectivity index (χ0) is 11.5. The molecular formula is C12H9NO2S. The van der Waals surface area contributed by atoms with Crippen molar-refractivity contribution >= 4 is 30.0 Å². The first-order valence-electron chi connectivity index (χ1n) is 4.82. The molecule has 80 valence electrons. The van der Waals surface area contributed by atoms with Crippen LogP contribution in [0.25, 0.3) is 0 Å². The van der Waals surface area contributed by atoms with Crippen molar-refractivity contribution < 1.29 is 9.59 Å². The highest BCUT2D eigenvalue weighted by Crippen LogP contribution is 2.25. The van der Waals surface area contributed by atoms with Crippen molar-refractivity contribution in [2.24, 2.45) is 0 Å². The lowest BCUT2D eigenvalue weighted by Crippen LogP contribution is -2.12. The predicted octanol–water partition coefficient (Wildman–Crippen LogP) is 1.49. The number of ketones is 1. The standard InChI is InChI=1S/C12H9NO2S/c14-11-10-8(4-1-2-7-16)5-3-6-9(10)13-12(11)15/h3,5-6,16H,2,7H2,(H,13,14,15). The van der Waals surface area contributed by atoms with Gasteiger partial charge in [-0.15, -0.1) is 0 Å². The van der Waals surface area contributed by atoms with Crippen molar-refractivity contribution in [3.8, 4) is 11.8 Å². The molecule has 1 heterocycles. The summed E-state index contributed by atoms with van der Waals surface area (Å²) in [7, 11) is 0. The van der Waals surface area contributed by atoms with Crippen LogP contribution in [0.4, 0.5) is 5.69 Å². The van der Waals surface area contributed by atoms with Gasteiger partial charge in [-0.3, -0.25) is 9.59 Å². The molecule has 1 aliphatic rings. The molecule has 0 unspecified atom stereocenters. The van der Waals surface area contributed by atoms with Gasteiger partial charge in [0.15, 0.2) is 0 Å². The number of fused-ring (bicyclic) bond motifs is 1. The molecule has 1 N–H and O–H groups in total. The van der Waals surface area contributed by atoms with E-state index in [2.05, 4.69) is 29.8 Å². The van der Waals surface area contributed by atoms with E-state index in [1.165, 1.54) is 0 Å². The summed E-state index contributed by atoms with van der Waals surface area (Å²) in [5.74, 6) is 5.36. The number of nitrogens with one attached hydrogen (secondary N) is 1. The number of benzene rings is 1. The lowest BCUT2D eigenvalue weighted by atomic mass is 10.0. The number of thiol groups is 1. The maximum atomic E-state index is 11.6. The van der Waals surface area contributed by atoms with Crippen LogP contribution >= 0.6 is 12.6 Å². The summed E-state index contributed by atoms with van der Waals surface area (Å²) in [5, 5.41) is 2.51. The number of hydrogen-bond acceptors (Lipinski definition) is 3. The van der Waals surface area contributed by atoms with Crippen molar-refractivity contribution in [2.45, 2.75) is 6.42 Å². The molecule has 1 aromatic carbocycles. The lowest BCUT2D eigenvalue weighted by Gasteiger charge is -1.98. The molecule has 0 aromatic heterocycles. The van der Waals surface area contributed by atoms with Crippen molar-refractivity contribution in [2.75, 3.05) is 11.1 Å². The first-order valence-corrected chi connectivity index (χ1v) is 5.45. The molecule has 0 radical (unpaired) electrons. The van der Waals surface area contributed by atoms with Crippen molar-refractivity contribution in [3.05, 3.63) is 29.3 Å². The molecule has 1 amide bonds. The van der Waals surface area contributed by atoms with E-state index in [-0.39, 0.29) is 0 Å². The Hall–Kier alpha value is -1.73. The van der Waals surface area contributed by atoms with Crippen LogP contribution in [0.1, 0.15) is 22.3 Å². The van der Waals surface area contributed by atoms with Crippen LogP contribution < -0.4 is 5.32 Å². The van der Waals surface area contributed by atoms with Gasteiger partial charge in [0.25, 0.3) is 11.7 Å². The van der Waals surface area contributed by atoms with Gasteiger partial charge in [0.2, 0.25) is 0 Å². The van der Waals surface area contributed by atoms with Gasteiger partial charge in [-0.2, -0.15) is 12.6 Å². The predicted molar refractivity (Wildman–Crippen MR) is 64.8 cm³/mol. The molecule has 0 saturated carbocycles. The second-order valence-electron chi connectivity index (χ2n) is 3.29. The number of Topliss-reactive ketones (excluding diaryl/α,β-unsaturated/α-hetero) is 1. The largest absolute Gasteiger partial charge is 0.318 e. The molecule has 0 bridgehead atoms. The van der Waals surface area contributed by atoms with E-state index in [1.54, 1.807) is 18.2 Å². The van der Waals surface area contributed by atoms with Crippen LogP contribution in [-0.4, -0.2) is 17.4 Å². The summed E-state index contributed by atoms with van der Waals surface area (Å²) in [5.41, 5.74) is 1.54. The summed E-state index contributed by atoms with van der Waals surface area (Å²) in [4.78, 5) is 22.7. The van der Waals surface area contributed by atoms with Gasteiger partial charge in [0.1, 0.15) is 0 Å². The zero-order valence-electron chi connectivity index (χ0n) is 8.41. The highest BCUT2D eigenvalue weighted by Gasteiger charge is 2.29. The van der Waals surface area contributed by atoms with E-state index in [1.807, 2.05) is 0 Å². The minimum atomic E-state index is -0.585. The van der Waals surface area contributed by atoms with Crippen molar-refractivity contribution in [1.29, 1.82) is 0 Å². The Morgan fingerprint density at radius 1 is 1.31 bits per heavy atom. The highest BCUT2D eigenvalue weighted by atomic mass is 32.1. The van der Waals surface area contributed by atoms with Crippen LogP contribution in [0.5, 0.6) is 0 Å². The Labute approximate surface area is 98.6 Å². The fourth-order valence-corrected chi connectivity index (χ4v) is 1.62. The van der Waals surface area contributed by atoms with Gasteiger partial charge in [0, 0.05) is 17.7 Å². The molecule has 1 aromatic rings. The smallest absolute Gasteiger partial charge is 0.296 e. The third kappa shape index (κ3) is 1.82. The summed E-state index contributed by atoms with van der Waals surface area (Å²) in [6.07, 6.45) is 0.655. The number of rotatable bonds is 1. The maximum Gasteiger partial charge on any atom is 0.296 e. The molecule has 2 rings (SSSR count). The summed E-state index contributed by atoms with van der Waals surface area (Å²) < 4.78 is 0. The SMILES string of the molecule is O=C1Nc2cccc(C#CCCS)c2C1=O. The third-order valence-electron chi connectivity index (χ3n) is 2.21. The molecular weight excluding hydrogens is 222 g/mol. The number of carbonyl (C=O) groups is 2. The highest BCUT2D eigenvalue weighted by molar-refractivity contribution is 7.80. The van der Waals surface area contributed by atoms with Crippen LogP contribution in [-0.2, 0) is 4.79 Å². The van der Waals surface area contributed by atoms with E-state index in [0.29, 0.717) is 29.0 Å². The molecule has 4 heteroatoms. The third-order valence-corrected chi connectivity index (χ3v) is 2.43.